The molecule has 1 aromatic carbocycles. The molecular weight excluding hydrogens is 378 g/mol. The lowest BCUT2D eigenvalue weighted by Gasteiger charge is -2.33. The molecule has 1 amide bonds. The zero-order valence-electron chi connectivity index (χ0n) is 16.6. The van der Waals surface area contributed by atoms with Gasteiger partial charge in [-0.2, -0.15) is 4.31 Å². The number of piperazine rings is 1. The first-order valence-corrected chi connectivity index (χ1v) is 11.6. The summed E-state index contributed by atoms with van der Waals surface area (Å²) in [5.74, 6) is 0.500. The molecule has 2 aliphatic rings. The molecule has 0 spiro atoms. The Bertz CT molecular complexity index is 737. The second-order valence-corrected chi connectivity index (χ2v) is 9.39. The highest BCUT2D eigenvalue weighted by molar-refractivity contribution is 7.89. The molecule has 8 heteroatoms. The van der Waals surface area contributed by atoms with E-state index in [4.69, 9.17) is 4.74 Å². The van der Waals surface area contributed by atoms with Crippen molar-refractivity contribution in [3.8, 4) is 5.75 Å². The van der Waals surface area contributed by atoms with Gasteiger partial charge in [0, 0.05) is 32.2 Å². The summed E-state index contributed by atoms with van der Waals surface area (Å²) in [6.45, 7) is 2.67. The van der Waals surface area contributed by atoms with Gasteiger partial charge in [-0.05, 0) is 37.1 Å². The van der Waals surface area contributed by atoms with Crippen molar-refractivity contribution >= 4 is 15.9 Å². The first-order valence-electron chi connectivity index (χ1n) is 10.2. The number of nitrogens with zero attached hydrogens (tertiary/aromatic N) is 2. The van der Waals surface area contributed by atoms with E-state index in [2.05, 4.69) is 5.32 Å². The summed E-state index contributed by atoms with van der Waals surface area (Å²) in [4.78, 5) is 14.9. The molecule has 1 saturated heterocycles. The van der Waals surface area contributed by atoms with Crippen molar-refractivity contribution in [3.05, 3.63) is 24.3 Å². The van der Waals surface area contributed by atoms with Crippen LogP contribution in [-0.4, -0.2) is 69.4 Å². The molecule has 1 heterocycles. The number of carbonyl (C=O) groups is 1. The summed E-state index contributed by atoms with van der Waals surface area (Å²) in [5, 5.41) is 3.22. The fourth-order valence-corrected chi connectivity index (χ4v) is 5.62. The zero-order valence-corrected chi connectivity index (χ0v) is 17.4. The maximum absolute atomic E-state index is 13.5. The molecule has 0 atom stereocenters. The molecule has 0 radical (unpaired) electrons. The van der Waals surface area contributed by atoms with Gasteiger partial charge in [-0.15, -0.1) is 0 Å². The third-order valence-corrected chi connectivity index (χ3v) is 7.57. The highest BCUT2D eigenvalue weighted by Gasteiger charge is 2.34. The fourth-order valence-electron chi connectivity index (χ4n) is 3.99. The summed E-state index contributed by atoms with van der Waals surface area (Å²) in [5.41, 5.74) is 0. The smallest absolute Gasteiger partial charge is 0.243 e. The van der Waals surface area contributed by atoms with Crippen LogP contribution in [0.15, 0.2) is 29.2 Å². The Kier molecular flexibility index (Phi) is 7.31. The third-order valence-electron chi connectivity index (χ3n) is 5.66. The van der Waals surface area contributed by atoms with Crippen LogP contribution < -0.4 is 10.1 Å². The SMILES string of the molecule is COc1ccc(S(=O)(=O)N(CC(=O)N2CCNCC2)C2CCCCCC2)cc1. The van der Waals surface area contributed by atoms with Crippen LogP contribution in [0.25, 0.3) is 0 Å². The van der Waals surface area contributed by atoms with Crippen molar-refractivity contribution in [2.75, 3.05) is 39.8 Å². The zero-order chi connectivity index (χ0) is 20.0. The van der Waals surface area contributed by atoms with Crippen LogP contribution >= 0.6 is 0 Å². The van der Waals surface area contributed by atoms with Crippen molar-refractivity contribution in [2.24, 2.45) is 0 Å². The molecule has 1 N–H and O–H groups in total. The van der Waals surface area contributed by atoms with Gasteiger partial charge in [-0.25, -0.2) is 8.42 Å². The number of carbonyl (C=O) groups excluding carboxylic acids is 1. The van der Waals surface area contributed by atoms with Gasteiger partial charge in [0.25, 0.3) is 0 Å². The van der Waals surface area contributed by atoms with Crippen molar-refractivity contribution in [1.82, 2.24) is 14.5 Å². The van der Waals surface area contributed by atoms with Crippen molar-refractivity contribution in [2.45, 2.75) is 49.5 Å². The van der Waals surface area contributed by atoms with Crippen LogP contribution in [0.4, 0.5) is 0 Å². The molecule has 156 valence electrons. The van der Waals surface area contributed by atoms with Gasteiger partial charge in [0.05, 0.1) is 18.6 Å². The number of nitrogens with one attached hydrogen (secondary N) is 1. The second kappa shape index (κ2) is 9.71. The molecule has 1 aliphatic carbocycles. The van der Waals surface area contributed by atoms with Gasteiger partial charge in [-0.1, -0.05) is 25.7 Å². The van der Waals surface area contributed by atoms with Gasteiger partial charge in [0.2, 0.25) is 15.9 Å². The normalized spacial score (nSPS) is 19.4. The van der Waals surface area contributed by atoms with Crippen LogP contribution in [0, 0.1) is 0 Å². The summed E-state index contributed by atoms with van der Waals surface area (Å²) in [7, 11) is -2.21. The Morgan fingerprint density at radius 3 is 2.29 bits per heavy atom. The van der Waals surface area contributed by atoms with E-state index < -0.39 is 10.0 Å². The lowest BCUT2D eigenvalue weighted by molar-refractivity contribution is -0.132. The Balaban J connectivity index is 1.86. The molecule has 7 nitrogen and oxygen atoms in total. The summed E-state index contributed by atoms with van der Waals surface area (Å²) >= 11 is 0. The monoisotopic (exact) mass is 409 g/mol. The van der Waals surface area contributed by atoms with Crippen molar-refractivity contribution in [3.63, 3.8) is 0 Å². The predicted molar refractivity (Wildman–Crippen MR) is 108 cm³/mol. The summed E-state index contributed by atoms with van der Waals surface area (Å²) in [6.07, 6.45) is 5.87. The van der Waals surface area contributed by atoms with E-state index in [0.717, 1.165) is 51.6 Å². The molecule has 1 aromatic rings. The predicted octanol–water partition coefficient (Wildman–Crippen LogP) is 1.84. The van der Waals surface area contributed by atoms with Crippen LogP contribution in [-0.2, 0) is 14.8 Å². The van der Waals surface area contributed by atoms with Crippen molar-refractivity contribution in [1.29, 1.82) is 0 Å². The topological polar surface area (TPSA) is 79.0 Å². The number of hydrogen-bond acceptors (Lipinski definition) is 5. The van der Waals surface area contributed by atoms with Crippen molar-refractivity contribution < 1.29 is 17.9 Å². The molecule has 1 aliphatic heterocycles. The van der Waals surface area contributed by atoms with Gasteiger partial charge >= 0.3 is 0 Å². The Labute approximate surface area is 168 Å². The Hall–Kier alpha value is -1.64. The third kappa shape index (κ3) is 5.04. The van der Waals surface area contributed by atoms with E-state index in [-0.39, 0.29) is 23.4 Å². The van der Waals surface area contributed by atoms with Crippen LogP contribution in [0.1, 0.15) is 38.5 Å². The highest BCUT2D eigenvalue weighted by atomic mass is 32.2. The van der Waals surface area contributed by atoms with Crippen LogP contribution in [0.2, 0.25) is 0 Å². The van der Waals surface area contributed by atoms with Crippen LogP contribution in [0.3, 0.4) is 0 Å². The number of amides is 1. The molecule has 0 aromatic heterocycles. The molecule has 0 bridgehead atoms. The lowest BCUT2D eigenvalue weighted by atomic mass is 10.1. The van der Waals surface area contributed by atoms with Gasteiger partial charge in [-0.3, -0.25) is 4.79 Å². The maximum atomic E-state index is 13.5. The molecule has 3 rings (SSSR count). The molecule has 2 fully saturated rings. The van der Waals surface area contributed by atoms with E-state index in [9.17, 15) is 13.2 Å². The molecule has 1 saturated carbocycles. The Morgan fingerprint density at radius 1 is 1.11 bits per heavy atom. The summed E-state index contributed by atoms with van der Waals surface area (Å²) < 4.78 is 33.5. The average molecular weight is 410 g/mol. The summed E-state index contributed by atoms with van der Waals surface area (Å²) in [6, 6.07) is 6.30. The first-order chi connectivity index (χ1) is 13.5. The average Bonchev–Trinajstić information content (AvgIpc) is 3.01. The minimum Gasteiger partial charge on any atom is -0.497 e. The van der Waals surface area contributed by atoms with E-state index >= 15 is 0 Å². The van der Waals surface area contributed by atoms with Gasteiger partial charge in [0.15, 0.2) is 0 Å². The number of ether oxygens (including phenoxy) is 1. The lowest BCUT2D eigenvalue weighted by Crippen LogP contribution is -2.52. The molecule has 0 unspecified atom stereocenters. The quantitative estimate of drug-likeness (QED) is 0.726. The first kappa shape index (κ1) is 21.1. The molecule has 28 heavy (non-hydrogen) atoms. The Morgan fingerprint density at radius 2 is 1.71 bits per heavy atom. The fraction of sp³-hybridized carbons (Fsp3) is 0.650. The maximum Gasteiger partial charge on any atom is 0.243 e. The number of hydrogen-bond donors (Lipinski definition) is 1. The highest BCUT2D eigenvalue weighted by Crippen LogP contribution is 2.28. The van der Waals surface area contributed by atoms with E-state index in [1.165, 1.54) is 4.31 Å². The number of benzene rings is 1. The number of methoxy groups -OCH3 is 1. The van der Waals surface area contributed by atoms with E-state index in [0.29, 0.717) is 18.8 Å². The number of rotatable bonds is 6. The van der Waals surface area contributed by atoms with Crippen LogP contribution in [0.5, 0.6) is 5.75 Å². The minimum atomic E-state index is -3.76. The minimum absolute atomic E-state index is 0.0843. The number of sulfonamides is 1. The van der Waals surface area contributed by atoms with E-state index in [1.54, 1.807) is 36.3 Å². The second-order valence-electron chi connectivity index (χ2n) is 7.50. The van der Waals surface area contributed by atoms with Gasteiger partial charge < -0.3 is 15.0 Å². The largest absolute Gasteiger partial charge is 0.497 e. The van der Waals surface area contributed by atoms with Gasteiger partial charge in [0.1, 0.15) is 5.75 Å². The molecular formula is C20H31N3O4S. The van der Waals surface area contributed by atoms with E-state index in [1.807, 2.05) is 0 Å². The standard InChI is InChI=1S/C20H31N3O4S/c1-27-18-8-10-19(11-9-18)28(25,26)23(17-6-4-2-3-5-7-17)16-20(24)22-14-12-21-13-15-22/h8-11,17,21H,2-7,12-16H2,1H3.